The van der Waals surface area contributed by atoms with Gasteiger partial charge < -0.3 is 9.88 Å². The molecule has 0 aliphatic heterocycles. The zero-order valence-electron chi connectivity index (χ0n) is 13.2. The average molecular weight is 313 g/mol. The Balaban J connectivity index is 2.21. The van der Waals surface area contributed by atoms with Crippen LogP contribution in [0.5, 0.6) is 0 Å². The lowest BCUT2D eigenvalue weighted by atomic mass is 10.3. The molecule has 1 aromatic heterocycles. The van der Waals surface area contributed by atoms with Gasteiger partial charge in [-0.1, -0.05) is 19.8 Å². The Morgan fingerprint density at radius 3 is 2.57 bits per heavy atom. The van der Waals surface area contributed by atoms with Crippen molar-refractivity contribution >= 4 is 10.0 Å². The number of rotatable bonds is 7. The van der Waals surface area contributed by atoms with Crippen LogP contribution in [0.3, 0.4) is 0 Å². The first-order valence-electron chi connectivity index (χ1n) is 7.88. The van der Waals surface area contributed by atoms with Crippen molar-refractivity contribution in [3.05, 3.63) is 18.0 Å². The van der Waals surface area contributed by atoms with E-state index < -0.39 is 10.0 Å². The predicted molar refractivity (Wildman–Crippen MR) is 84.8 cm³/mol. The molecule has 0 radical (unpaired) electrons. The van der Waals surface area contributed by atoms with Crippen molar-refractivity contribution in [2.24, 2.45) is 0 Å². The van der Waals surface area contributed by atoms with Crippen molar-refractivity contribution in [1.82, 2.24) is 14.6 Å². The van der Waals surface area contributed by atoms with Gasteiger partial charge in [0.25, 0.3) is 0 Å². The molecule has 0 bridgehead atoms. The predicted octanol–water partition coefficient (Wildman–Crippen LogP) is 2.40. The van der Waals surface area contributed by atoms with Gasteiger partial charge in [-0.3, -0.25) is 0 Å². The fourth-order valence-electron chi connectivity index (χ4n) is 2.85. The van der Waals surface area contributed by atoms with Gasteiger partial charge in [0.2, 0.25) is 10.0 Å². The Kier molecular flexibility index (Phi) is 5.46. The SMILES string of the molecule is CCNCc1cc(S(=O)(=O)NC2CCCC2)cn1C(C)C. The van der Waals surface area contributed by atoms with Crippen LogP contribution in [0.25, 0.3) is 0 Å². The smallest absolute Gasteiger partial charge is 0.242 e. The molecule has 6 heteroatoms. The molecule has 0 unspecified atom stereocenters. The summed E-state index contributed by atoms with van der Waals surface area (Å²) in [5.41, 5.74) is 1.01. The number of aromatic nitrogens is 1. The van der Waals surface area contributed by atoms with Crippen LogP contribution in [0, 0.1) is 0 Å². The summed E-state index contributed by atoms with van der Waals surface area (Å²) in [5.74, 6) is 0. The van der Waals surface area contributed by atoms with Crippen LogP contribution in [0.15, 0.2) is 17.2 Å². The van der Waals surface area contributed by atoms with Crippen molar-refractivity contribution in [1.29, 1.82) is 0 Å². The molecule has 0 spiro atoms. The van der Waals surface area contributed by atoms with E-state index in [0.717, 1.165) is 37.9 Å². The maximum absolute atomic E-state index is 12.5. The molecule has 1 heterocycles. The lowest BCUT2D eigenvalue weighted by Gasteiger charge is -2.13. The van der Waals surface area contributed by atoms with Crippen LogP contribution < -0.4 is 10.0 Å². The maximum Gasteiger partial charge on any atom is 0.242 e. The molecule has 1 aliphatic carbocycles. The van der Waals surface area contributed by atoms with Crippen molar-refractivity contribution in [2.75, 3.05) is 6.54 Å². The minimum absolute atomic E-state index is 0.106. The van der Waals surface area contributed by atoms with Crippen LogP contribution in [-0.2, 0) is 16.6 Å². The molecule has 2 rings (SSSR count). The second kappa shape index (κ2) is 6.94. The van der Waals surface area contributed by atoms with Crippen LogP contribution in [0.2, 0.25) is 0 Å². The molecule has 1 fully saturated rings. The van der Waals surface area contributed by atoms with Crippen LogP contribution >= 0.6 is 0 Å². The summed E-state index contributed by atoms with van der Waals surface area (Å²) in [4.78, 5) is 0.385. The largest absolute Gasteiger partial charge is 0.346 e. The normalized spacial score (nSPS) is 17.0. The van der Waals surface area contributed by atoms with E-state index in [1.165, 1.54) is 0 Å². The number of nitrogens with one attached hydrogen (secondary N) is 2. The summed E-state index contributed by atoms with van der Waals surface area (Å²) in [6.45, 7) is 7.73. The molecular weight excluding hydrogens is 286 g/mol. The summed E-state index contributed by atoms with van der Waals surface area (Å²) in [6, 6.07) is 2.14. The van der Waals surface area contributed by atoms with Crippen molar-refractivity contribution in [2.45, 2.75) is 70.0 Å². The van der Waals surface area contributed by atoms with E-state index in [2.05, 4.69) is 23.9 Å². The summed E-state index contributed by atoms with van der Waals surface area (Å²) in [7, 11) is -3.40. The van der Waals surface area contributed by atoms with Crippen LogP contribution in [-0.4, -0.2) is 25.6 Å². The Morgan fingerprint density at radius 1 is 1.33 bits per heavy atom. The van der Waals surface area contributed by atoms with Crippen LogP contribution in [0.1, 0.15) is 58.2 Å². The zero-order chi connectivity index (χ0) is 15.5. The van der Waals surface area contributed by atoms with Gasteiger partial charge in [-0.2, -0.15) is 0 Å². The second-order valence-electron chi connectivity index (χ2n) is 6.05. The van der Waals surface area contributed by atoms with Gasteiger partial charge >= 0.3 is 0 Å². The highest BCUT2D eigenvalue weighted by atomic mass is 32.2. The van der Waals surface area contributed by atoms with E-state index in [1.807, 2.05) is 11.5 Å². The molecule has 21 heavy (non-hydrogen) atoms. The molecule has 120 valence electrons. The molecule has 0 aromatic carbocycles. The number of hydrogen-bond acceptors (Lipinski definition) is 3. The Labute approximate surface area is 128 Å². The number of sulfonamides is 1. The lowest BCUT2D eigenvalue weighted by molar-refractivity contribution is 0.547. The minimum Gasteiger partial charge on any atom is -0.346 e. The third-order valence-corrected chi connectivity index (χ3v) is 5.49. The van der Waals surface area contributed by atoms with Gasteiger partial charge in [0, 0.05) is 30.5 Å². The third kappa shape index (κ3) is 4.08. The molecule has 0 atom stereocenters. The van der Waals surface area contributed by atoms with Crippen molar-refractivity contribution in [3.63, 3.8) is 0 Å². The summed E-state index contributed by atoms with van der Waals surface area (Å²) < 4.78 is 29.9. The molecule has 2 N–H and O–H groups in total. The van der Waals surface area contributed by atoms with E-state index in [9.17, 15) is 8.42 Å². The van der Waals surface area contributed by atoms with Crippen molar-refractivity contribution in [3.8, 4) is 0 Å². The minimum atomic E-state index is -3.40. The highest BCUT2D eigenvalue weighted by Gasteiger charge is 2.25. The van der Waals surface area contributed by atoms with E-state index in [-0.39, 0.29) is 12.1 Å². The standard InChI is InChI=1S/C15H27N3O2S/c1-4-16-10-14-9-15(11-18(14)12(2)3)21(19,20)17-13-7-5-6-8-13/h9,11-13,16-17H,4-8,10H2,1-3H3. The molecule has 1 saturated carbocycles. The third-order valence-electron chi connectivity index (χ3n) is 4.01. The van der Waals surface area contributed by atoms with Gasteiger partial charge in [0.1, 0.15) is 0 Å². The fourth-order valence-corrected chi connectivity index (χ4v) is 4.20. The van der Waals surface area contributed by atoms with E-state index in [0.29, 0.717) is 11.4 Å². The summed E-state index contributed by atoms with van der Waals surface area (Å²) >= 11 is 0. The first kappa shape index (κ1) is 16.5. The average Bonchev–Trinajstić information content (AvgIpc) is 3.04. The quantitative estimate of drug-likeness (QED) is 0.812. The fraction of sp³-hybridized carbons (Fsp3) is 0.733. The topological polar surface area (TPSA) is 63.1 Å². The molecule has 0 saturated heterocycles. The molecule has 1 aliphatic rings. The monoisotopic (exact) mass is 313 g/mol. The van der Waals surface area contributed by atoms with Gasteiger partial charge in [-0.25, -0.2) is 13.1 Å². The zero-order valence-corrected chi connectivity index (χ0v) is 14.0. The van der Waals surface area contributed by atoms with Gasteiger partial charge in [-0.05, 0) is 39.3 Å². The highest BCUT2D eigenvalue weighted by Crippen LogP contribution is 2.23. The molecular formula is C15H27N3O2S. The highest BCUT2D eigenvalue weighted by molar-refractivity contribution is 7.89. The van der Waals surface area contributed by atoms with Crippen molar-refractivity contribution < 1.29 is 8.42 Å². The molecule has 0 amide bonds. The Morgan fingerprint density at radius 2 is 2.00 bits per heavy atom. The molecule has 5 nitrogen and oxygen atoms in total. The number of nitrogens with zero attached hydrogens (tertiary/aromatic N) is 1. The second-order valence-corrected chi connectivity index (χ2v) is 7.77. The van der Waals surface area contributed by atoms with E-state index >= 15 is 0 Å². The van der Waals surface area contributed by atoms with Crippen LogP contribution in [0.4, 0.5) is 0 Å². The Hall–Kier alpha value is -0.850. The van der Waals surface area contributed by atoms with Gasteiger partial charge in [0.15, 0.2) is 0 Å². The van der Waals surface area contributed by atoms with E-state index in [4.69, 9.17) is 0 Å². The van der Waals surface area contributed by atoms with E-state index in [1.54, 1.807) is 12.3 Å². The summed E-state index contributed by atoms with van der Waals surface area (Å²) in [6.07, 6.45) is 5.90. The molecule has 1 aromatic rings. The van der Waals surface area contributed by atoms with Gasteiger partial charge in [-0.15, -0.1) is 0 Å². The maximum atomic E-state index is 12.5. The summed E-state index contributed by atoms with van der Waals surface area (Å²) in [5, 5.41) is 3.26. The number of hydrogen-bond donors (Lipinski definition) is 2. The van der Waals surface area contributed by atoms with Gasteiger partial charge in [0.05, 0.1) is 4.90 Å². The lowest BCUT2D eigenvalue weighted by Crippen LogP contribution is -2.32. The first-order valence-corrected chi connectivity index (χ1v) is 9.36. The first-order chi connectivity index (χ1) is 9.94. The Bertz CT molecular complexity index is 557.